The van der Waals surface area contributed by atoms with Crippen LogP contribution in [-0.4, -0.2) is 22.3 Å². The molecule has 0 heterocycles. The van der Waals surface area contributed by atoms with Crippen molar-refractivity contribution in [1.82, 2.24) is 0 Å². The first-order valence-electron chi connectivity index (χ1n) is 6.57. The van der Waals surface area contributed by atoms with Crippen LogP contribution in [0.1, 0.15) is 11.3 Å². The van der Waals surface area contributed by atoms with E-state index in [1.807, 2.05) is 19.2 Å². The van der Waals surface area contributed by atoms with Crippen molar-refractivity contribution < 1.29 is 9.47 Å². The third kappa shape index (κ3) is 2.67. The van der Waals surface area contributed by atoms with E-state index in [9.17, 15) is 0 Å². The fourth-order valence-electron chi connectivity index (χ4n) is 2.65. The van der Waals surface area contributed by atoms with Crippen LogP contribution in [0.15, 0.2) is 36.4 Å². The highest BCUT2D eigenvalue weighted by atomic mass is 28.3. The van der Waals surface area contributed by atoms with Crippen molar-refractivity contribution in [3.8, 4) is 5.75 Å². The van der Waals surface area contributed by atoms with Crippen molar-refractivity contribution in [3.05, 3.63) is 42.0 Å². The van der Waals surface area contributed by atoms with Crippen LogP contribution in [0.25, 0.3) is 10.8 Å². The second-order valence-electron chi connectivity index (χ2n) is 5.88. The van der Waals surface area contributed by atoms with E-state index in [0.29, 0.717) is 0 Å². The Balaban J connectivity index is 2.68. The standard InChI is InChI=1S/C16H22O2Si/c1-17-15-11-10-14(16(18-2)19(3,4)5)12-8-6-7-9-13(12)15/h6-11,16H,1-5H3. The van der Waals surface area contributed by atoms with Gasteiger partial charge in [0.05, 0.1) is 20.9 Å². The summed E-state index contributed by atoms with van der Waals surface area (Å²) in [5.41, 5.74) is 1.47. The van der Waals surface area contributed by atoms with E-state index in [4.69, 9.17) is 9.47 Å². The van der Waals surface area contributed by atoms with E-state index in [2.05, 4.69) is 43.9 Å². The molecular formula is C16H22O2Si. The number of fused-ring (bicyclic) bond motifs is 1. The quantitative estimate of drug-likeness (QED) is 0.769. The average molecular weight is 274 g/mol. The lowest BCUT2D eigenvalue weighted by atomic mass is 10.0. The molecule has 0 aromatic heterocycles. The maximum absolute atomic E-state index is 5.80. The molecule has 1 unspecified atom stereocenters. The highest BCUT2D eigenvalue weighted by Gasteiger charge is 2.29. The van der Waals surface area contributed by atoms with Crippen LogP contribution >= 0.6 is 0 Å². The molecule has 0 bridgehead atoms. The topological polar surface area (TPSA) is 18.5 Å². The molecule has 0 fully saturated rings. The molecule has 0 spiro atoms. The summed E-state index contributed by atoms with van der Waals surface area (Å²) >= 11 is 0. The molecular weight excluding hydrogens is 252 g/mol. The van der Waals surface area contributed by atoms with Crippen molar-refractivity contribution >= 4 is 18.8 Å². The van der Waals surface area contributed by atoms with Crippen LogP contribution < -0.4 is 4.74 Å². The van der Waals surface area contributed by atoms with Gasteiger partial charge in [-0.1, -0.05) is 50.0 Å². The van der Waals surface area contributed by atoms with Gasteiger partial charge in [-0.3, -0.25) is 0 Å². The lowest BCUT2D eigenvalue weighted by Gasteiger charge is -2.29. The summed E-state index contributed by atoms with van der Waals surface area (Å²) in [7, 11) is 2.09. The predicted molar refractivity (Wildman–Crippen MR) is 83.6 cm³/mol. The van der Waals surface area contributed by atoms with Crippen LogP contribution in [0, 0.1) is 0 Å². The van der Waals surface area contributed by atoms with Gasteiger partial charge in [-0.05, 0) is 17.0 Å². The Bertz CT molecular complexity index is 572. The highest BCUT2D eigenvalue weighted by Crippen LogP contribution is 2.36. The SMILES string of the molecule is COc1ccc(C(OC)[Si](C)(C)C)c2ccccc12. The Hall–Kier alpha value is -1.32. The van der Waals surface area contributed by atoms with Gasteiger partial charge in [-0.15, -0.1) is 0 Å². The molecule has 19 heavy (non-hydrogen) atoms. The fourth-order valence-corrected chi connectivity index (χ4v) is 4.54. The van der Waals surface area contributed by atoms with Crippen molar-refractivity contribution in [2.75, 3.05) is 14.2 Å². The van der Waals surface area contributed by atoms with Gasteiger partial charge >= 0.3 is 0 Å². The molecule has 0 saturated heterocycles. The molecule has 2 nitrogen and oxygen atoms in total. The van der Waals surface area contributed by atoms with Crippen LogP contribution in [0.4, 0.5) is 0 Å². The lowest BCUT2D eigenvalue weighted by Crippen LogP contribution is -2.32. The van der Waals surface area contributed by atoms with Crippen molar-refractivity contribution in [2.24, 2.45) is 0 Å². The summed E-state index contributed by atoms with van der Waals surface area (Å²) in [5, 5.41) is 2.39. The summed E-state index contributed by atoms with van der Waals surface area (Å²) in [6, 6.07) is 12.6. The summed E-state index contributed by atoms with van der Waals surface area (Å²) in [6.07, 6.45) is 0. The zero-order valence-corrected chi connectivity index (χ0v) is 13.4. The van der Waals surface area contributed by atoms with Gasteiger partial charge in [0.1, 0.15) is 5.75 Å². The molecule has 0 radical (unpaired) electrons. The van der Waals surface area contributed by atoms with Gasteiger partial charge in [0.15, 0.2) is 0 Å². The monoisotopic (exact) mass is 274 g/mol. The fraction of sp³-hybridized carbons (Fsp3) is 0.375. The Morgan fingerprint density at radius 3 is 2.05 bits per heavy atom. The summed E-state index contributed by atoms with van der Waals surface area (Å²) in [5.74, 6) is 0.921. The minimum Gasteiger partial charge on any atom is -0.496 e. The van der Waals surface area contributed by atoms with Crippen molar-refractivity contribution in [2.45, 2.75) is 25.4 Å². The first-order valence-corrected chi connectivity index (χ1v) is 10.1. The number of hydrogen-bond donors (Lipinski definition) is 0. The Labute approximate surface area is 116 Å². The van der Waals surface area contributed by atoms with Crippen LogP contribution in [0.3, 0.4) is 0 Å². The molecule has 1 atom stereocenters. The smallest absolute Gasteiger partial charge is 0.126 e. The highest BCUT2D eigenvalue weighted by molar-refractivity contribution is 6.77. The molecule has 2 rings (SSSR count). The van der Waals surface area contributed by atoms with Crippen LogP contribution in [0.5, 0.6) is 5.75 Å². The van der Waals surface area contributed by atoms with Gasteiger partial charge in [0.25, 0.3) is 0 Å². The van der Waals surface area contributed by atoms with Crippen LogP contribution in [0.2, 0.25) is 19.6 Å². The normalized spacial score (nSPS) is 13.5. The molecule has 3 heteroatoms. The third-order valence-electron chi connectivity index (χ3n) is 3.44. The molecule has 0 N–H and O–H groups in total. The maximum Gasteiger partial charge on any atom is 0.126 e. The first-order chi connectivity index (χ1) is 8.99. The third-order valence-corrected chi connectivity index (χ3v) is 5.56. The van der Waals surface area contributed by atoms with Gasteiger partial charge < -0.3 is 9.47 Å². The Morgan fingerprint density at radius 2 is 1.53 bits per heavy atom. The van der Waals surface area contributed by atoms with E-state index in [-0.39, 0.29) is 5.73 Å². The molecule has 102 valence electrons. The minimum atomic E-state index is -1.44. The first kappa shape index (κ1) is 14.1. The Morgan fingerprint density at radius 1 is 0.895 bits per heavy atom. The molecule has 2 aromatic rings. The van der Waals surface area contributed by atoms with E-state index in [0.717, 1.165) is 11.1 Å². The molecule has 0 aliphatic carbocycles. The van der Waals surface area contributed by atoms with Gasteiger partial charge in [0, 0.05) is 12.5 Å². The van der Waals surface area contributed by atoms with Crippen LogP contribution in [-0.2, 0) is 4.74 Å². The van der Waals surface area contributed by atoms with Crippen molar-refractivity contribution in [1.29, 1.82) is 0 Å². The van der Waals surface area contributed by atoms with Gasteiger partial charge in [0.2, 0.25) is 0 Å². The molecule has 2 aromatic carbocycles. The number of methoxy groups -OCH3 is 2. The largest absolute Gasteiger partial charge is 0.496 e. The molecule has 0 saturated carbocycles. The molecule has 0 aliphatic heterocycles. The number of rotatable bonds is 4. The summed E-state index contributed by atoms with van der Waals surface area (Å²) < 4.78 is 11.3. The average Bonchev–Trinajstić information content (AvgIpc) is 2.38. The Kier molecular flexibility index (Phi) is 3.97. The predicted octanol–water partition coefficient (Wildman–Crippen LogP) is 4.41. The summed E-state index contributed by atoms with van der Waals surface area (Å²) in [4.78, 5) is 0. The number of ether oxygens (including phenoxy) is 2. The second kappa shape index (κ2) is 5.35. The van der Waals surface area contributed by atoms with Gasteiger partial charge in [-0.25, -0.2) is 0 Å². The zero-order valence-electron chi connectivity index (χ0n) is 12.4. The second-order valence-corrected chi connectivity index (χ2v) is 11.1. The zero-order chi connectivity index (χ0) is 14.0. The number of hydrogen-bond acceptors (Lipinski definition) is 2. The van der Waals surface area contributed by atoms with E-state index >= 15 is 0 Å². The van der Waals surface area contributed by atoms with E-state index in [1.54, 1.807) is 7.11 Å². The van der Waals surface area contributed by atoms with E-state index in [1.165, 1.54) is 10.9 Å². The lowest BCUT2D eigenvalue weighted by molar-refractivity contribution is 0.161. The molecule has 0 aliphatic rings. The summed E-state index contributed by atoms with van der Waals surface area (Å²) in [6.45, 7) is 7.00. The molecule has 0 amide bonds. The van der Waals surface area contributed by atoms with E-state index < -0.39 is 8.07 Å². The maximum atomic E-state index is 5.80. The number of benzene rings is 2. The van der Waals surface area contributed by atoms with Crippen molar-refractivity contribution in [3.63, 3.8) is 0 Å². The van der Waals surface area contributed by atoms with Gasteiger partial charge in [-0.2, -0.15) is 0 Å². The minimum absolute atomic E-state index is 0.198.